The molecule has 19 heavy (non-hydrogen) atoms. The molecule has 0 bridgehead atoms. The van der Waals surface area contributed by atoms with E-state index < -0.39 is 5.60 Å². The smallest absolute Gasteiger partial charge is 0.410 e. The first kappa shape index (κ1) is 13.6. The molecule has 0 saturated carbocycles. The molecule has 0 aromatic carbocycles. The number of likely N-dealkylation sites (tertiary alicyclic amines) is 1. The zero-order chi connectivity index (χ0) is 14.0. The van der Waals surface area contributed by atoms with Crippen molar-refractivity contribution >= 4 is 11.9 Å². The SMILES string of the molecule is CC(C)(C)OC(=O)N1CCCC1c1ccc(N)nn1. The molecule has 6 heteroatoms. The summed E-state index contributed by atoms with van der Waals surface area (Å²) < 4.78 is 5.41. The molecule has 1 unspecified atom stereocenters. The quantitative estimate of drug-likeness (QED) is 0.840. The molecule has 2 N–H and O–H groups in total. The summed E-state index contributed by atoms with van der Waals surface area (Å²) in [6, 6.07) is 3.45. The van der Waals surface area contributed by atoms with Crippen LogP contribution in [-0.2, 0) is 4.74 Å². The predicted octanol–water partition coefficient (Wildman–Crippen LogP) is 2.13. The number of ether oxygens (including phenoxy) is 1. The van der Waals surface area contributed by atoms with Gasteiger partial charge in [-0.25, -0.2) is 4.79 Å². The Bertz CT molecular complexity index is 453. The van der Waals surface area contributed by atoms with Crippen LogP contribution in [0.15, 0.2) is 12.1 Å². The molecule has 1 aromatic heterocycles. The van der Waals surface area contributed by atoms with Crippen LogP contribution in [0.2, 0.25) is 0 Å². The molecule has 1 saturated heterocycles. The van der Waals surface area contributed by atoms with Crippen LogP contribution < -0.4 is 5.73 Å². The second-order valence-electron chi connectivity index (χ2n) is 5.71. The lowest BCUT2D eigenvalue weighted by Crippen LogP contribution is -2.36. The Balaban J connectivity index is 2.12. The molecule has 1 amide bonds. The largest absolute Gasteiger partial charge is 0.444 e. The molecule has 1 aliphatic rings. The number of hydrogen-bond donors (Lipinski definition) is 1. The molecule has 0 spiro atoms. The Labute approximate surface area is 112 Å². The number of nitrogens with zero attached hydrogens (tertiary/aromatic N) is 3. The third-order valence-electron chi connectivity index (χ3n) is 2.93. The Kier molecular flexibility index (Phi) is 3.59. The third-order valence-corrected chi connectivity index (χ3v) is 2.93. The average Bonchev–Trinajstić information content (AvgIpc) is 2.76. The van der Waals surface area contributed by atoms with Gasteiger partial charge >= 0.3 is 6.09 Å². The zero-order valence-electron chi connectivity index (χ0n) is 11.6. The maximum Gasteiger partial charge on any atom is 0.410 e. The monoisotopic (exact) mass is 264 g/mol. The van der Waals surface area contributed by atoms with E-state index in [-0.39, 0.29) is 12.1 Å². The minimum absolute atomic E-state index is 0.0667. The normalized spacial score (nSPS) is 19.5. The number of nitrogen functional groups attached to an aromatic ring is 1. The summed E-state index contributed by atoms with van der Waals surface area (Å²) in [5, 5.41) is 7.91. The molecule has 1 atom stereocenters. The number of carbonyl (C=O) groups is 1. The summed E-state index contributed by atoms with van der Waals surface area (Å²) in [6.07, 6.45) is 1.52. The van der Waals surface area contributed by atoms with Gasteiger partial charge in [0, 0.05) is 6.54 Å². The highest BCUT2D eigenvalue weighted by Crippen LogP contribution is 2.31. The zero-order valence-corrected chi connectivity index (χ0v) is 11.6. The molecule has 0 radical (unpaired) electrons. The molecule has 2 heterocycles. The minimum Gasteiger partial charge on any atom is -0.444 e. The van der Waals surface area contributed by atoms with Crippen LogP contribution in [-0.4, -0.2) is 33.3 Å². The summed E-state index contributed by atoms with van der Waals surface area (Å²) in [7, 11) is 0. The van der Waals surface area contributed by atoms with E-state index in [2.05, 4.69) is 10.2 Å². The second kappa shape index (κ2) is 5.03. The van der Waals surface area contributed by atoms with E-state index >= 15 is 0 Å². The highest BCUT2D eigenvalue weighted by molar-refractivity contribution is 5.69. The summed E-state index contributed by atoms with van der Waals surface area (Å²) in [5.41, 5.74) is 5.80. The van der Waals surface area contributed by atoms with E-state index in [9.17, 15) is 4.79 Å². The molecule has 104 valence electrons. The Morgan fingerprint density at radius 3 is 2.74 bits per heavy atom. The average molecular weight is 264 g/mol. The van der Waals surface area contributed by atoms with Gasteiger partial charge in [0.2, 0.25) is 0 Å². The number of hydrogen-bond acceptors (Lipinski definition) is 5. The second-order valence-corrected chi connectivity index (χ2v) is 5.71. The molecule has 1 aliphatic heterocycles. The minimum atomic E-state index is -0.489. The highest BCUT2D eigenvalue weighted by atomic mass is 16.6. The number of rotatable bonds is 1. The van der Waals surface area contributed by atoms with Gasteiger partial charge in [-0.2, -0.15) is 5.10 Å². The molecule has 6 nitrogen and oxygen atoms in total. The maximum absolute atomic E-state index is 12.1. The maximum atomic E-state index is 12.1. The van der Waals surface area contributed by atoms with Gasteiger partial charge in [-0.1, -0.05) is 0 Å². The number of aromatic nitrogens is 2. The lowest BCUT2D eigenvalue weighted by Gasteiger charge is -2.28. The van der Waals surface area contributed by atoms with Crippen molar-refractivity contribution in [2.45, 2.75) is 45.3 Å². The molecule has 1 fully saturated rings. The Hall–Kier alpha value is -1.85. The first-order chi connectivity index (χ1) is 8.87. The molecule has 2 rings (SSSR count). The fourth-order valence-corrected chi connectivity index (χ4v) is 2.14. The van der Waals surface area contributed by atoms with Crippen LogP contribution in [0.4, 0.5) is 10.6 Å². The van der Waals surface area contributed by atoms with Gasteiger partial charge in [-0.05, 0) is 45.7 Å². The van der Waals surface area contributed by atoms with Gasteiger partial charge in [-0.3, -0.25) is 4.90 Å². The lowest BCUT2D eigenvalue weighted by molar-refractivity contribution is 0.0221. The van der Waals surface area contributed by atoms with Crippen LogP contribution in [0.25, 0.3) is 0 Å². The molecular weight excluding hydrogens is 244 g/mol. The summed E-state index contributed by atoms with van der Waals surface area (Å²) in [4.78, 5) is 13.9. The topological polar surface area (TPSA) is 81.3 Å². The number of amides is 1. The van der Waals surface area contributed by atoms with Crippen LogP contribution in [0.3, 0.4) is 0 Å². The van der Waals surface area contributed by atoms with Crippen molar-refractivity contribution in [1.82, 2.24) is 15.1 Å². The van der Waals surface area contributed by atoms with Crippen molar-refractivity contribution < 1.29 is 9.53 Å². The van der Waals surface area contributed by atoms with Gasteiger partial charge in [0.1, 0.15) is 11.4 Å². The van der Waals surface area contributed by atoms with Gasteiger partial charge in [0.05, 0.1) is 11.7 Å². The van der Waals surface area contributed by atoms with Crippen LogP contribution in [0.5, 0.6) is 0 Å². The Morgan fingerprint density at radius 2 is 2.16 bits per heavy atom. The first-order valence-corrected chi connectivity index (χ1v) is 6.45. The van der Waals surface area contributed by atoms with Crippen molar-refractivity contribution in [3.63, 3.8) is 0 Å². The summed E-state index contributed by atoms with van der Waals surface area (Å²) >= 11 is 0. The molecular formula is C13H20N4O2. The third kappa shape index (κ3) is 3.33. The van der Waals surface area contributed by atoms with Crippen LogP contribution in [0.1, 0.15) is 45.3 Å². The van der Waals surface area contributed by atoms with Crippen LogP contribution in [0, 0.1) is 0 Å². The van der Waals surface area contributed by atoms with Crippen molar-refractivity contribution in [1.29, 1.82) is 0 Å². The van der Waals surface area contributed by atoms with E-state index in [1.54, 1.807) is 11.0 Å². The highest BCUT2D eigenvalue weighted by Gasteiger charge is 2.34. The van der Waals surface area contributed by atoms with Gasteiger partial charge in [0.25, 0.3) is 0 Å². The van der Waals surface area contributed by atoms with Crippen molar-refractivity contribution in [3.05, 3.63) is 17.8 Å². The van der Waals surface area contributed by atoms with Crippen molar-refractivity contribution in [3.8, 4) is 0 Å². The summed E-state index contributed by atoms with van der Waals surface area (Å²) in [6.45, 7) is 6.27. The van der Waals surface area contributed by atoms with Crippen LogP contribution >= 0.6 is 0 Å². The van der Waals surface area contributed by atoms with Gasteiger partial charge in [0.15, 0.2) is 0 Å². The molecule has 0 aliphatic carbocycles. The van der Waals surface area contributed by atoms with Gasteiger partial charge in [-0.15, -0.1) is 5.10 Å². The number of anilines is 1. The fourth-order valence-electron chi connectivity index (χ4n) is 2.14. The van der Waals surface area contributed by atoms with Crippen molar-refractivity contribution in [2.24, 2.45) is 0 Å². The Morgan fingerprint density at radius 1 is 1.42 bits per heavy atom. The number of carbonyl (C=O) groups excluding carboxylic acids is 1. The fraction of sp³-hybridized carbons (Fsp3) is 0.615. The van der Waals surface area contributed by atoms with Crippen molar-refractivity contribution in [2.75, 3.05) is 12.3 Å². The van der Waals surface area contributed by atoms with E-state index in [0.29, 0.717) is 12.4 Å². The van der Waals surface area contributed by atoms with E-state index in [1.165, 1.54) is 0 Å². The van der Waals surface area contributed by atoms with E-state index in [0.717, 1.165) is 18.5 Å². The lowest BCUT2D eigenvalue weighted by atomic mass is 10.1. The number of nitrogens with two attached hydrogens (primary N) is 1. The van der Waals surface area contributed by atoms with E-state index in [1.807, 2.05) is 26.8 Å². The standard InChI is InChI=1S/C13H20N4O2/c1-13(2,3)19-12(18)17-8-4-5-10(17)9-6-7-11(14)16-15-9/h6-7,10H,4-5,8H2,1-3H3,(H2,14,16). The summed E-state index contributed by atoms with van der Waals surface area (Å²) in [5.74, 6) is 0.380. The molecule has 1 aromatic rings. The predicted molar refractivity (Wildman–Crippen MR) is 71.4 cm³/mol. The first-order valence-electron chi connectivity index (χ1n) is 6.45. The van der Waals surface area contributed by atoms with E-state index in [4.69, 9.17) is 10.5 Å². The van der Waals surface area contributed by atoms with Gasteiger partial charge < -0.3 is 10.5 Å².